The molecule has 134 heavy (non-hydrogen) atoms. The Bertz CT molecular complexity index is 7680. The van der Waals surface area contributed by atoms with Crippen molar-refractivity contribution >= 4 is 104 Å². The molecule has 4 unspecified atom stereocenters. The summed E-state index contributed by atoms with van der Waals surface area (Å²) in [6.07, 6.45) is 23.5. The monoisotopic (exact) mass is 1940 g/mol. The van der Waals surface area contributed by atoms with Gasteiger partial charge in [0.05, 0.1) is 39.2 Å². The molecule has 4 atom stereocenters. The Morgan fingerprint density at radius 3 is 1.22 bits per heavy atom. The zero-order valence-corrected chi connectivity index (χ0v) is 76.9. The van der Waals surface area contributed by atoms with E-state index in [-0.39, 0.29) is 49.9 Å². The molecule has 0 amide bonds. The number of aliphatic hydroxyl groups is 3. The maximum Gasteiger partial charge on any atom is 0.239 e. The smallest absolute Gasteiger partial charge is 0.239 e. The van der Waals surface area contributed by atoms with Gasteiger partial charge in [0.1, 0.15) is 11.6 Å². The highest BCUT2D eigenvalue weighted by molar-refractivity contribution is 6.35. The summed E-state index contributed by atoms with van der Waals surface area (Å²) in [4.78, 5) is 23.6. The average Bonchev–Trinajstić information content (AvgIpc) is 1.35. The average molecular weight is 1940 g/mol. The van der Waals surface area contributed by atoms with Crippen LogP contribution in [0.5, 0.6) is 0 Å². The molecule has 0 spiro atoms. The number of benzene rings is 10. The SMILES string of the molecule is OC(OC(c1cccnc1)(c1c(-c2ccc(Cl)cc2)ccn1-c1cccc(Cl)c1)C(O)(c1cccnc1)c1c(-c2cccc(Cl)c2)ccn1-c1cccc(Cl)c1)(c1cccnc1)c1c(-c2ccccc2F)ccn1-c1cccc(Cl)c1.OC(c1cccnc1)(c1cccnc1-c1c(-c2ccc(F)cc2Cl)ccn1-c1cccc(Cl)c1)c1c(-c2ccccc2Cl)ccn1-c1cccc(Cl)c1. The predicted octanol–water partition coefficient (Wildman–Crippen LogP) is 28.8. The van der Waals surface area contributed by atoms with E-state index in [2.05, 4.69) is 9.97 Å². The summed E-state index contributed by atoms with van der Waals surface area (Å²) >= 11 is 61.1. The van der Waals surface area contributed by atoms with Crippen LogP contribution in [-0.2, 0) is 27.3 Å². The van der Waals surface area contributed by atoms with Gasteiger partial charge in [-0.3, -0.25) is 24.9 Å². The molecule has 0 aliphatic heterocycles. The Labute approximate surface area is 814 Å². The summed E-state index contributed by atoms with van der Waals surface area (Å²) in [7, 11) is 0. The molecule has 20 aromatic rings. The van der Waals surface area contributed by atoms with E-state index in [0.29, 0.717) is 136 Å². The van der Waals surface area contributed by atoms with Crippen molar-refractivity contribution in [2.75, 3.05) is 0 Å². The van der Waals surface area contributed by atoms with Crippen LogP contribution in [0.1, 0.15) is 50.6 Å². The summed E-state index contributed by atoms with van der Waals surface area (Å²) < 4.78 is 48.9. The fourth-order valence-corrected chi connectivity index (χ4v) is 19.5. The van der Waals surface area contributed by atoms with Crippen molar-refractivity contribution in [3.8, 4) is 95.5 Å². The van der Waals surface area contributed by atoms with Crippen LogP contribution in [0.4, 0.5) is 8.78 Å². The molecule has 0 aliphatic carbocycles. The molecule has 10 heterocycles. The minimum atomic E-state index is -2.84. The van der Waals surface area contributed by atoms with Crippen molar-refractivity contribution in [2.24, 2.45) is 0 Å². The van der Waals surface area contributed by atoms with Crippen molar-refractivity contribution in [2.45, 2.75) is 22.6 Å². The van der Waals surface area contributed by atoms with E-state index in [9.17, 15) is 9.50 Å². The zero-order chi connectivity index (χ0) is 92.6. The molecule has 0 aliphatic rings. The maximum absolute atomic E-state index is 16.9. The largest absolute Gasteiger partial charge is 0.375 e. The van der Waals surface area contributed by atoms with Gasteiger partial charge in [-0.05, 0) is 217 Å². The number of aromatic nitrogens is 10. The Kier molecular flexibility index (Phi) is 25.5. The molecule has 10 aromatic heterocycles. The summed E-state index contributed by atoms with van der Waals surface area (Å²) in [6, 6.07) is 95.6. The van der Waals surface area contributed by atoms with Gasteiger partial charge in [-0.25, -0.2) is 8.78 Å². The van der Waals surface area contributed by atoms with Gasteiger partial charge < -0.3 is 42.9 Å². The van der Waals surface area contributed by atoms with E-state index in [4.69, 9.17) is 124 Å². The number of hydrogen-bond donors (Lipinski definition) is 3. The van der Waals surface area contributed by atoms with Gasteiger partial charge in [0.15, 0.2) is 16.8 Å². The van der Waals surface area contributed by atoms with E-state index in [1.165, 1.54) is 24.4 Å². The first-order chi connectivity index (χ1) is 65.1. The number of nitrogens with zero attached hydrogens (tertiary/aromatic N) is 10. The molecule has 0 radical (unpaired) electrons. The molecular weight excluding hydrogens is 1870 g/mol. The quantitative estimate of drug-likeness (QED) is 0.0530. The van der Waals surface area contributed by atoms with Crippen LogP contribution in [0, 0.1) is 11.6 Å². The number of pyridine rings is 5. The lowest BCUT2D eigenvalue weighted by atomic mass is 9.67. The first kappa shape index (κ1) is 89.9. The second-order valence-corrected chi connectivity index (χ2v) is 35.3. The number of rotatable bonds is 23. The lowest BCUT2D eigenvalue weighted by Crippen LogP contribution is -2.58. The van der Waals surface area contributed by atoms with Crippen molar-refractivity contribution in [3.05, 3.63) is 522 Å². The number of ether oxygens (including phenoxy) is 1. The van der Waals surface area contributed by atoms with E-state index < -0.39 is 34.2 Å². The highest BCUT2D eigenvalue weighted by Crippen LogP contribution is 2.61. The molecule has 658 valence electrons. The maximum atomic E-state index is 16.9. The highest BCUT2D eigenvalue weighted by atomic mass is 35.5. The van der Waals surface area contributed by atoms with Crippen molar-refractivity contribution in [1.82, 2.24) is 47.8 Å². The van der Waals surface area contributed by atoms with Crippen LogP contribution in [-0.4, -0.2) is 63.1 Å². The van der Waals surface area contributed by atoms with Gasteiger partial charge >= 0.3 is 0 Å². The molecule has 0 fully saturated rings. The van der Waals surface area contributed by atoms with Gasteiger partial charge in [-0.1, -0.05) is 226 Å². The third kappa shape index (κ3) is 16.8. The van der Waals surface area contributed by atoms with Crippen LogP contribution in [0.3, 0.4) is 0 Å². The van der Waals surface area contributed by atoms with E-state index >= 15 is 14.6 Å². The summed E-state index contributed by atoms with van der Waals surface area (Å²) in [5, 5.41) is 49.2. The topological polar surface area (TPSA) is 159 Å². The van der Waals surface area contributed by atoms with E-state index in [1.54, 1.807) is 218 Å². The van der Waals surface area contributed by atoms with Gasteiger partial charge in [-0.2, -0.15) is 0 Å². The second kappa shape index (κ2) is 38.0. The minimum Gasteiger partial charge on any atom is -0.375 e. The molecular formula is C109H71Cl9F2N10O4. The molecule has 10 aromatic carbocycles. The molecule has 14 nitrogen and oxygen atoms in total. The minimum absolute atomic E-state index is 0.00105. The first-order valence-corrected chi connectivity index (χ1v) is 45.3. The van der Waals surface area contributed by atoms with Crippen molar-refractivity contribution in [1.29, 1.82) is 0 Å². The van der Waals surface area contributed by atoms with Crippen LogP contribution >= 0.6 is 104 Å². The Balaban J connectivity index is 0.000000188. The third-order valence-corrected chi connectivity index (χ3v) is 25.9. The zero-order valence-electron chi connectivity index (χ0n) is 70.1. The van der Waals surface area contributed by atoms with Gasteiger partial charge in [0.25, 0.3) is 0 Å². The fourth-order valence-electron chi connectivity index (χ4n) is 17.8. The van der Waals surface area contributed by atoms with E-state index in [0.717, 1.165) is 5.69 Å². The van der Waals surface area contributed by atoms with Gasteiger partial charge in [0.2, 0.25) is 5.79 Å². The number of hydrogen-bond acceptors (Lipinski definition) is 9. The number of halogens is 11. The van der Waals surface area contributed by atoms with Crippen LogP contribution in [0.2, 0.25) is 45.2 Å². The normalized spacial score (nSPS) is 13.3. The van der Waals surface area contributed by atoms with Crippen molar-refractivity contribution in [3.63, 3.8) is 0 Å². The van der Waals surface area contributed by atoms with Gasteiger partial charge in [-0.15, -0.1) is 0 Å². The molecule has 0 bridgehead atoms. The highest BCUT2D eigenvalue weighted by Gasteiger charge is 2.65. The summed E-state index contributed by atoms with van der Waals surface area (Å²) in [5.41, 5.74) is 4.17. The van der Waals surface area contributed by atoms with E-state index in [1.807, 2.05) is 195 Å². The lowest BCUT2D eigenvalue weighted by Gasteiger charge is -2.52. The lowest BCUT2D eigenvalue weighted by molar-refractivity contribution is -0.290. The first-order valence-electron chi connectivity index (χ1n) is 41.9. The Morgan fingerprint density at radius 1 is 0.284 bits per heavy atom. The fraction of sp³-hybridized carbons (Fsp3) is 0.0367. The predicted molar refractivity (Wildman–Crippen MR) is 531 cm³/mol. The van der Waals surface area contributed by atoms with Crippen LogP contribution in [0.25, 0.3) is 95.5 Å². The summed E-state index contributed by atoms with van der Waals surface area (Å²) in [6.45, 7) is 0. The van der Waals surface area contributed by atoms with Crippen LogP contribution in [0.15, 0.2) is 414 Å². The second-order valence-electron chi connectivity index (χ2n) is 31.5. The summed E-state index contributed by atoms with van der Waals surface area (Å²) in [5.74, 6) is -3.89. The standard InChI is InChI=1S/C66H44Cl5FN6O3.C43H27Cl4FN4O/c67-48-25-23-43(24-26-48)56-27-34-77(54-19-5-16-51(70)38-54)62(56)65(46-12-8-31-74-41-46,64(79,45-11-7-30-73-40-45)61-57(44-10-3-14-49(68)36-44)28-33-76(61)53-18-4-15-50(69)37-53)81-66(80,47-13-9-32-75-42-47)63-59(58-21-1-2-22-60(58)72)29-35-78(63)55-20-6-17-52(71)39-55;44-28-8-3-10-31(23-28)51-21-17-35(34-16-15-30(48)25-39(34)47)41(51)40-37(13-6-20-50-40)43(53,27-7-5-19-49-26-27)42-36(33-12-1-2-14-38(33)46)18-22-52(42)32-11-4-9-29(45)24-32/h1-42,79-80H;1-26,53H. The van der Waals surface area contributed by atoms with Crippen molar-refractivity contribution < 1.29 is 28.8 Å². The Hall–Kier alpha value is -13.3. The molecule has 0 saturated carbocycles. The third-order valence-electron chi connectivity index (χ3n) is 23.6. The molecule has 25 heteroatoms. The molecule has 3 N–H and O–H groups in total. The van der Waals surface area contributed by atoms with Crippen LogP contribution < -0.4 is 0 Å². The van der Waals surface area contributed by atoms with Gasteiger partial charge in [0, 0.05) is 228 Å². The Morgan fingerprint density at radius 2 is 0.709 bits per heavy atom. The molecule has 0 saturated heterocycles. The molecule has 20 rings (SSSR count).